The van der Waals surface area contributed by atoms with Gasteiger partial charge in [0.15, 0.2) is 5.15 Å². The summed E-state index contributed by atoms with van der Waals surface area (Å²) in [4.78, 5) is 2.09. The quantitative estimate of drug-likeness (QED) is 0.330. The molecule has 0 aliphatic heterocycles. The summed E-state index contributed by atoms with van der Waals surface area (Å²) in [7, 11) is 0. The van der Waals surface area contributed by atoms with Crippen molar-refractivity contribution in [2.75, 3.05) is 0 Å². The number of nitrogens with zero attached hydrogens (tertiary/aromatic N) is 2. The number of aromatic nitrogens is 2. The lowest BCUT2D eigenvalue weighted by molar-refractivity contribution is 0.548. The Kier molecular flexibility index (Phi) is 5.79. The van der Waals surface area contributed by atoms with Crippen LogP contribution in [0.3, 0.4) is 0 Å². The predicted octanol–water partition coefficient (Wildman–Crippen LogP) is 7.34. The summed E-state index contributed by atoms with van der Waals surface area (Å²) in [5.41, 5.74) is 1.16. The summed E-state index contributed by atoms with van der Waals surface area (Å²) < 4.78 is 42.4. The molecule has 0 saturated carbocycles. The van der Waals surface area contributed by atoms with Crippen LogP contribution < -0.4 is 0 Å². The molecule has 0 aliphatic rings. The number of halogens is 4. The van der Waals surface area contributed by atoms with Gasteiger partial charge in [-0.1, -0.05) is 53.7 Å². The van der Waals surface area contributed by atoms with Gasteiger partial charge in [0.2, 0.25) is 0 Å². The van der Waals surface area contributed by atoms with Crippen LogP contribution in [0.5, 0.6) is 0 Å². The molecule has 0 N–H and O–H groups in total. The van der Waals surface area contributed by atoms with Crippen molar-refractivity contribution in [3.63, 3.8) is 0 Å². The van der Waals surface area contributed by atoms with Gasteiger partial charge in [0.25, 0.3) is 0 Å². The van der Waals surface area contributed by atoms with E-state index in [1.54, 1.807) is 18.7 Å². The first kappa shape index (κ1) is 20.4. The second-order valence-corrected chi connectivity index (χ2v) is 8.02. The minimum Gasteiger partial charge on any atom is -0.207 e. The molecule has 0 bridgehead atoms. The molecule has 2 nitrogen and oxygen atoms in total. The number of hydrogen-bond donors (Lipinski definition) is 0. The van der Waals surface area contributed by atoms with Gasteiger partial charge in [0, 0.05) is 33.1 Å². The minimum absolute atomic E-state index is 0.0441. The van der Waals surface area contributed by atoms with E-state index in [9.17, 15) is 13.2 Å². The van der Waals surface area contributed by atoms with Crippen LogP contribution in [0.15, 0.2) is 76.5 Å². The van der Waals surface area contributed by atoms with Crippen molar-refractivity contribution in [2.24, 2.45) is 0 Å². The number of hydrogen-bond acceptors (Lipinski definition) is 3. The topological polar surface area (TPSA) is 25.8 Å². The molecule has 150 valence electrons. The van der Waals surface area contributed by atoms with Crippen molar-refractivity contribution < 1.29 is 13.2 Å². The monoisotopic (exact) mass is 442 g/mol. The molecule has 0 atom stereocenters. The van der Waals surface area contributed by atoms with Crippen LogP contribution in [0.1, 0.15) is 5.69 Å². The van der Waals surface area contributed by atoms with E-state index in [4.69, 9.17) is 11.6 Å². The van der Waals surface area contributed by atoms with Gasteiger partial charge in [-0.2, -0.15) is 5.10 Å². The molecule has 1 heterocycles. The average Bonchev–Trinajstić information content (AvgIpc) is 2.71. The van der Waals surface area contributed by atoms with Crippen molar-refractivity contribution in [2.45, 2.75) is 16.7 Å². The van der Waals surface area contributed by atoms with E-state index in [0.29, 0.717) is 29.0 Å². The minimum atomic E-state index is -1.06. The van der Waals surface area contributed by atoms with Crippen molar-refractivity contribution in [3.05, 3.63) is 95.0 Å². The summed E-state index contributed by atoms with van der Waals surface area (Å²) in [5, 5.41) is 7.64. The second kappa shape index (κ2) is 8.50. The third-order valence-corrected chi connectivity index (χ3v) is 5.76. The molecule has 0 amide bonds. The highest BCUT2D eigenvalue weighted by atomic mass is 35.5. The number of aryl methyl sites for hydroxylation is 1. The maximum absolute atomic E-state index is 14.5. The molecule has 4 rings (SSSR count). The van der Waals surface area contributed by atoms with Gasteiger partial charge in [-0.3, -0.25) is 0 Å². The normalized spacial score (nSPS) is 11.0. The highest BCUT2D eigenvalue weighted by Gasteiger charge is 2.23. The summed E-state index contributed by atoms with van der Waals surface area (Å²) >= 11 is 7.79. The van der Waals surface area contributed by atoms with Crippen LogP contribution in [-0.2, 0) is 0 Å². The van der Waals surface area contributed by atoms with Gasteiger partial charge in [0.05, 0.1) is 11.3 Å². The number of benzene rings is 3. The highest BCUT2D eigenvalue weighted by Crippen LogP contribution is 2.41. The lowest BCUT2D eigenvalue weighted by Crippen LogP contribution is -2.01. The lowest BCUT2D eigenvalue weighted by atomic mass is 9.94. The Hall–Kier alpha value is -2.83. The summed E-state index contributed by atoms with van der Waals surface area (Å²) in [5.74, 6) is -3.12. The van der Waals surface area contributed by atoms with Crippen molar-refractivity contribution >= 4 is 23.4 Å². The fraction of sp³-hybridized carbons (Fsp3) is 0.0435. The molecule has 30 heavy (non-hydrogen) atoms. The first-order chi connectivity index (χ1) is 14.4. The zero-order valence-corrected chi connectivity index (χ0v) is 17.2. The maximum Gasteiger partial charge on any atom is 0.160 e. The SMILES string of the molecule is Cc1nnc(Cl)c(-c2c(F)cc(F)cc2F)c1-c1ccc(Sc2ccccc2)cc1. The predicted molar refractivity (Wildman–Crippen MR) is 113 cm³/mol. The van der Waals surface area contributed by atoms with Gasteiger partial charge in [0.1, 0.15) is 17.5 Å². The Labute approximate surface area is 180 Å². The molecule has 0 unspecified atom stereocenters. The Morgan fingerprint density at radius 3 is 1.97 bits per heavy atom. The first-order valence-electron chi connectivity index (χ1n) is 8.95. The highest BCUT2D eigenvalue weighted by molar-refractivity contribution is 7.99. The Morgan fingerprint density at radius 2 is 1.33 bits per heavy atom. The van der Waals surface area contributed by atoms with Gasteiger partial charge in [-0.25, -0.2) is 13.2 Å². The Morgan fingerprint density at radius 1 is 0.733 bits per heavy atom. The fourth-order valence-electron chi connectivity index (χ4n) is 3.18. The van der Waals surface area contributed by atoms with Crippen LogP contribution in [-0.4, -0.2) is 10.2 Å². The molecule has 4 aromatic rings. The van der Waals surface area contributed by atoms with E-state index in [2.05, 4.69) is 10.2 Å². The van der Waals surface area contributed by atoms with Crippen LogP contribution in [0.2, 0.25) is 5.15 Å². The third-order valence-electron chi connectivity index (χ3n) is 4.48. The van der Waals surface area contributed by atoms with E-state index in [1.807, 2.05) is 54.6 Å². The third kappa shape index (κ3) is 4.06. The van der Waals surface area contributed by atoms with Crippen molar-refractivity contribution in [3.8, 4) is 22.3 Å². The lowest BCUT2D eigenvalue weighted by Gasteiger charge is -2.15. The van der Waals surface area contributed by atoms with E-state index < -0.39 is 23.0 Å². The van der Waals surface area contributed by atoms with Crippen LogP contribution in [0.4, 0.5) is 13.2 Å². The molecule has 7 heteroatoms. The first-order valence-corrected chi connectivity index (χ1v) is 10.1. The zero-order chi connectivity index (χ0) is 21.3. The standard InChI is InChI=1S/C23H14ClF3N2S/c1-13-20(14-7-9-17(10-8-14)30-16-5-3-2-4-6-16)22(23(24)29-28-13)21-18(26)11-15(25)12-19(21)27/h2-12H,1H3. The fourth-order valence-corrected chi connectivity index (χ4v) is 4.24. The van der Waals surface area contributed by atoms with Crippen molar-refractivity contribution in [1.29, 1.82) is 0 Å². The zero-order valence-electron chi connectivity index (χ0n) is 15.7. The summed E-state index contributed by atoms with van der Waals surface area (Å²) in [6.07, 6.45) is 0. The van der Waals surface area contributed by atoms with E-state index in [0.717, 1.165) is 9.79 Å². The van der Waals surface area contributed by atoms with Crippen molar-refractivity contribution in [1.82, 2.24) is 10.2 Å². The summed E-state index contributed by atoms with van der Waals surface area (Å²) in [6.45, 7) is 1.67. The molecular weight excluding hydrogens is 429 g/mol. The van der Waals surface area contributed by atoms with E-state index >= 15 is 0 Å². The largest absolute Gasteiger partial charge is 0.207 e. The molecule has 0 aliphatic carbocycles. The van der Waals surface area contributed by atoms with Crippen LogP contribution in [0.25, 0.3) is 22.3 Å². The number of rotatable bonds is 4. The summed E-state index contributed by atoms with van der Waals surface area (Å²) in [6, 6.07) is 18.6. The maximum atomic E-state index is 14.5. The van der Waals surface area contributed by atoms with Crippen LogP contribution in [0, 0.1) is 24.4 Å². The van der Waals surface area contributed by atoms with Crippen LogP contribution >= 0.6 is 23.4 Å². The van der Waals surface area contributed by atoms with Gasteiger partial charge < -0.3 is 0 Å². The van der Waals surface area contributed by atoms with E-state index in [-0.39, 0.29) is 10.7 Å². The molecule has 0 spiro atoms. The molecule has 0 radical (unpaired) electrons. The van der Waals surface area contributed by atoms with Gasteiger partial charge in [-0.05, 0) is 36.8 Å². The molecular formula is C23H14ClF3N2S. The molecule has 0 saturated heterocycles. The Bertz CT molecular complexity index is 1190. The second-order valence-electron chi connectivity index (χ2n) is 6.51. The average molecular weight is 443 g/mol. The molecule has 3 aromatic carbocycles. The van der Waals surface area contributed by atoms with Gasteiger partial charge >= 0.3 is 0 Å². The smallest absolute Gasteiger partial charge is 0.160 e. The molecule has 1 aromatic heterocycles. The Balaban J connectivity index is 1.81. The molecule has 0 fully saturated rings. The van der Waals surface area contributed by atoms with Gasteiger partial charge in [-0.15, -0.1) is 5.10 Å². The van der Waals surface area contributed by atoms with E-state index in [1.165, 1.54) is 0 Å².